The molecule has 1 aliphatic heterocycles. The second-order valence-electron chi connectivity index (χ2n) is 6.27. The summed E-state index contributed by atoms with van der Waals surface area (Å²) in [5.41, 5.74) is 4.39. The number of hydrogen-bond donors (Lipinski definition) is 0. The van der Waals surface area contributed by atoms with Gasteiger partial charge in [-0.05, 0) is 74.5 Å². The molecule has 2 atom stereocenters. The number of fused-ring (bicyclic) bond motifs is 1. The number of aryl methyl sites for hydroxylation is 2. The lowest BCUT2D eigenvalue weighted by Gasteiger charge is -2.24. The number of benzene rings is 1. The van der Waals surface area contributed by atoms with Gasteiger partial charge in [0.05, 0.1) is 11.5 Å². The Kier molecular flexibility index (Phi) is 5.01. The van der Waals surface area contributed by atoms with Crippen molar-refractivity contribution in [1.82, 2.24) is 0 Å². The van der Waals surface area contributed by atoms with E-state index >= 15 is 0 Å². The third kappa shape index (κ3) is 3.56. The fourth-order valence-corrected chi connectivity index (χ4v) is 3.74. The summed E-state index contributed by atoms with van der Waals surface area (Å²) in [6.45, 7) is 0.941. The first-order valence-corrected chi connectivity index (χ1v) is 8.64. The zero-order valence-electron chi connectivity index (χ0n) is 12.2. The first kappa shape index (κ1) is 14.4. The summed E-state index contributed by atoms with van der Waals surface area (Å²) in [7, 11) is 0. The van der Waals surface area contributed by atoms with Crippen LogP contribution >= 0.6 is 11.6 Å². The summed E-state index contributed by atoms with van der Waals surface area (Å²) in [5.74, 6) is 0. The van der Waals surface area contributed by atoms with Crippen LogP contribution in [0.5, 0.6) is 0 Å². The van der Waals surface area contributed by atoms with Gasteiger partial charge in [0.1, 0.15) is 0 Å². The van der Waals surface area contributed by atoms with Crippen molar-refractivity contribution in [3.63, 3.8) is 0 Å². The normalized spacial score (nSPS) is 24.1. The molecule has 0 N–H and O–H groups in total. The highest BCUT2D eigenvalue weighted by Gasteiger charge is 2.18. The Bertz CT molecular complexity index is 437. The van der Waals surface area contributed by atoms with Gasteiger partial charge in [-0.1, -0.05) is 18.2 Å². The van der Waals surface area contributed by atoms with Crippen molar-refractivity contribution in [2.75, 3.05) is 6.61 Å². The summed E-state index contributed by atoms with van der Waals surface area (Å²) in [5, 5.41) is 0.146. The van der Waals surface area contributed by atoms with E-state index in [9.17, 15) is 0 Å². The first-order chi connectivity index (χ1) is 9.83. The molecule has 0 bridgehead atoms. The smallest absolute Gasteiger partial charge is 0.0586 e. The van der Waals surface area contributed by atoms with Gasteiger partial charge in [-0.3, -0.25) is 0 Å². The molecule has 1 aromatic carbocycles. The van der Waals surface area contributed by atoms with Crippen molar-refractivity contribution < 1.29 is 4.74 Å². The Hall–Kier alpha value is -0.530. The fourth-order valence-electron chi connectivity index (χ4n) is 3.48. The van der Waals surface area contributed by atoms with E-state index in [2.05, 4.69) is 18.2 Å². The molecule has 2 unspecified atom stereocenters. The lowest BCUT2D eigenvalue weighted by molar-refractivity contribution is 0.0100. The van der Waals surface area contributed by atoms with Gasteiger partial charge < -0.3 is 4.74 Å². The highest BCUT2D eigenvalue weighted by molar-refractivity contribution is 6.20. The number of hydrogen-bond acceptors (Lipinski definition) is 1. The Morgan fingerprint density at radius 1 is 1.10 bits per heavy atom. The van der Waals surface area contributed by atoms with Crippen LogP contribution in [0.15, 0.2) is 18.2 Å². The summed E-state index contributed by atoms with van der Waals surface area (Å²) in [6.07, 6.45) is 11.5. The molecule has 1 aromatic rings. The summed E-state index contributed by atoms with van der Waals surface area (Å²) >= 11 is 6.61. The van der Waals surface area contributed by atoms with Crippen LogP contribution < -0.4 is 0 Å². The van der Waals surface area contributed by atoms with Gasteiger partial charge in [-0.15, -0.1) is 11.6 Å². The minimum atomic E-state index is 0.146. The minimum absolute atomic E-state index is 0.146. The van der Waals surface area contributed by atoms with E-state index in [0.29, 0.717) is 6.10 Å². The zero-order chi connectivity index (χ0) is 13.8. The largest absolute Gasteiger partial charge is 0.378 e. The van der Waals surface area contributed by atoms with Crippen LogP contribution in [-0.2, 0) is 17.6 Å². The third-order valence-electron chi connectivity index (χ3n) is 4.75. The molecule has 2 aliphatic rings. The molecule has 0 saturated carbocycles. The molecule has 1 fully saturated rings. The van der Waals surface area contributed by atoms with E-state index in [1.807, 2.05) is 0 Å². The number of halogens is 1. The van der Waals surface area contributed by atoms with E-state index in [1.54, 1.807) is 5.56 Å². The monoisotopic (exact) mass is 292 g/mol. The minimum Gasteiger partial charge on any atom is -0.378 e. The average Bonchev–Trinajstić information content (AvgIpc) is 2.53. The van der Waals surface area contributed by atoms with E-state index in [0.717, 1.165) is 19.4 Å². The maximum Gasteiger partial charge on any atom is 0.0586 e. The van der Waals surface area contributed by atoms with Crippen molar-refractivity contribution in [2.45, 2.75) is 69.3 Å². The second-order valence-corrected chi connectivity index (χ2v) is 6.80. The maximum absolute atomic E-state index is 6.61. The standard InChI is InChI=1S/C18H25ClO/c19-18(11-10-17-7-3-4-12-20-17)16-9-8-14-5-1-2-6-15(14)13-16/h8-9,13,17-18H,1-7,10-12H2. The Balaban J connectivity index is 1.57. The summed E-state index contributed by atoms with van der Waals surface area (Å²) in [6, 6.07) is 6.90. The van der Waals surface area contributed by atoms with Gasteiger partial charge in [0, 0.05) is 6.61 Å². The number of rotatable bonds is 4. The van der Waals surface area contributed by atoms with E-state index in [1.165, 1.54) is 56.1 Å². The van der Waals surface area contributed by atoms with Crippen LogP contribution in [0, 0.1) is 0 Å². The molecule has 1 nitrogen and oxygen atoms in total. The first-order valence-electron chi connectivity index (χ1n) is 8.20. The summed E-state index contributed by atoms with van der Waals surface area (Å²) in [4.78, 5) is 0. The number of alkyl halides is 1. The lowest BCUT2D eigenvalue weighted by atomic mass is 9.89. The van der Waals surface area contributed by atoms with Gasteiger partial charge in [-0.2, -0.15) is 0 Å². The molecule has 20 heavy (non-hydrogen) atoms. The van der Waals surface area contributed by atoms with Crippen LogP contribution in [-0.4, -0.2) is 12.7 Å². The molecule has 3 rings (SSSR count). The molecule has 1 aliphatic carbocycles. The molecule has 0 aromatic heterocycles. The molecule has 110 valence electrons. The van der Waals surface area contributed by atoms with Crippen molar-refractivity contribution >= 4 is 11.6 Å². The van der Waals surface area contributed by atoms with Crippen molar-refractivity contribution in [1.29, 1.82) is 0 Å². The van der Waals surface area contributed by atoms with E-state index in [-0.39, 0.29) is 5.38 Å². The Morgan fingerprint density at radius 2 is 1.95 bits per heavy atom. The van der Waals surface area contributed by atoms with Crippen molar-refractivity contribution in [3.8, 4) is 0 Å². The van der Waals surface area contributed by atoms with Gasteiger partial charge in [0.25, 0.3) is 0 Å². The molecule has 0 spiro atoms. The van der Waals surface area contributed by atoms with Crippen LogP contribution in [0.3, 0.4) is 0 Å². The fraction of sp³-hybridized carbons (Fsp3) is 0.667. The van der Waals surface area contributed by atoms with Crippen LogP contribution in [0.25, 0.3) is 0 Å². The summed E-state index contributed by atoms with van der Waals surface area (Å²) < 4.78 is 5.80. The second kappa shape index (κ2) is 6.95. The molecule has 1 saturated heterocycles. The van der Waals surface area contributed by atoms with Crippen LogP contribution in [0.4, 0.5) is 0 Å². The quantitative estimate of drug-likeness (QED) is 0.694. The number of ether oxygens (including phenoxy) is 1. The van der Waals surface area contributed by atoms with E-state index in [4.69, 9.17) is 16.3 Å². The predicted molar refractivity (Wildman–Crippen MR) is 84.5 cm³/mol. The van der Waals surface area contributed by atoms with Crippen LogP contribution in [0.1, 0.15) is 67.0 Å². The van der Waals surface area contributed by atoms with Crippen molar-refractivity contribution in [3.05, 3.63) is 34.9 Å². The predicted octanol–water partition coefficient (Wildman–Crippen LogP) is 5.19. The highest BCUT2D eigenvalue weighted by Crippen LogP contribution is 2.31. The third-order valence-corrected chi connectivity index (χ3v) is 5.22. The average molecular weight is 293 g/mol. The van der Waals surface area contributed by atoms with Gasteiger partial charge in [0.15, 0.2) is 0 Å². The molecule has 0 radical (unpaired) electrons. The van der Waals surface area contributed by atoms with Gasteiger partial charge in [-0.25, -0.2) is 0 Å². The molecular formula is C18H25ClO. The maximum atomic E-state index is 6.61. The molecule has 0 amide bonds. The Labute approximate surface area is 127 Å². The zero-order valence-corrected chi connectivity index (χ0v) is 13.0. The Morgan fingerprint density at radius 3 is 2.75 bits per heavy atom. The SMILES string of the molecule is ClC(CCC1CCCCO1)c1ccc2c(c1)CCCC2. The lowest BCUT2D eigenvalue weighted by Crippen LogP contribution is -2.19. The van der Waals surface area contributed by atoms with Gasteiger partial charge in [0.2, 0.25) is 0 Å². The van der Waals surface area contributed by atoms with Crippen molar-refractivity contribution in [2.24, 2.45) is 0 Å². The molecule has 1 heterocycles. The molecule has 2 heteroatoms. The molecular weight excluding hydrogens is 268 g/mol. The topological polar surface area (TPSA) is 9.23 Å². The van der Waals surface area contributed by atoms with Gasteiger partial charge >= 0.3 is 0 Å². The van der Waals surface area contributed by atoms with Crippen LogP contribution in [0.2, 0.25) is 0 Å². The van der Waals surface area contributed by atoms with E-state index < -0.39 is 0 Å². The highest BCUT2D eigenvalue weighted by atomic mass is 35.5.